The molecule has 6 aromatic rings. The Morgan fingerprint density at radius 1 is 0.700 bits per heavy atom. The molecule has 1 heterocycles. The fraction of sp³-hybridized carbons (Fsp3) is 0.0833. The SMILES string of the molecule is Cc1cc(C)cc(-c2c(C)ccc3[cH-]c(-c4ccccc4)cc23)c1.[Cl][Zr+2][Cl].[c-]1cccc2c1[Si]c1ccccc1-2. The second kappa shape index (κ2) is 13.4. The Bertz CT molecular complexity index is 1690. The molecular weight excluding hydrogens is 623 g/mol. The van der Waals surface area contributed by atoms with Crippen LogP contribution in [-0.2, 0) is 20.8 Å². The average molecular weight is 651 g/mol. The number of rotatable bonds is 2. The molecule has 0 aliphatic carbocycles. The molecule has 0 bridgehead atoms. The van der Waals surface area contributed by atoms with Crippen molar-refractivity contribution in [1.82, 2.24) is 0 Å². The second-order valence-electron chi connectivity index (χ2n) is 9.95. The maximum atomic E-state index is 4.93. The van der Waals surface area contributed by atoms with Crippen molar-refractivity contribution < 1.29 is 20.8 Å². The zero-order valence-electron chi connectivity index (χ0n) is 22.7. The van der Waals surface area contributed by atoms with Crippen LogP contribution in [0.1, 0.15) is 16.7 Å². The number of benzene rings is 5. The van der Waals surface area contributed by atoms with E-state index in [1.807, 2.05) is 6.07 Å². The molecule has 0 spiro atoms. The third-order valence-electron chi connectivity index (χ3n) is 7.05. The van der Waals surface area contributed by atoms with E-state index in [-0.39, 0.29) is 0 Å². The molecule has 4 heteroatoms. The molecule has 194 valence electrons. The van der Waals surface area contributed by atoms with Gasteiger partial charge in [-0.2, -0.15) is 29.5 Å². The monoisotopic (exact) mass is 648 g/mol. The number of aryl methyl sites for hydroxylation is 3. The molecule has 0 fully saturated rings. The largest absolute Gasteiger partial charge is 0.184 e. The van der Waals surface area contributed by atoms with Crippen molar-refractivity contribution in [2.75, 3.05) is 0 Å². The molecule has 2 radical (unpaired) electrons. The Morgan fingerprint density at radius 2 is 1.38 bits per heavy atom. The summed E-state index contributed by atoms with van der Waals surface area (Å²) in [6.45, 7) is 6.56. The van der Waals surface area contributed by atoms with E-state index in [1.54, 1.807) is 0 Å². The van der Waals surface area contributed by atoms with Crippen molar-refractivity contribution in [3.63, 3.8) is 0 Å². The van der Waals surface area contributed by atoms with Gasteiger partial charge in [0.15, 0.2) is 0 Å². The van der Waals surface area contributed by atoms with E-state index in [4.69, 9.17) is 17.0 Å². The van der Waals surface area contributed by atoms with Crippen LogP contribution in [0.5, 0.6) is 0 Å². The van der Waals surface area contributed by atoms with Gasteiger partial charge < -0.3 is 0 Å². The molecule has 0 unspecified atom stereocenters. The van der Waals surface area contributed by atoms with Crippen LogP contribution in [0, 0.1) is 26.8 Å². The summed E-state index contributed by atoms with van der Waals surface area (Å²) in [6, 6.07) is 44.7. The second-order valence-corrected chi connectivity index (χ2v) is 15.0. The molecule has 6 aromatic carbocycles. The van der Waals surface area contributed by atoms with Crippen LogP contribution in [0.2, 0.25) is 0 Å². The van der Waals surface area contributed by atoms with Gasteiger partial charge in [0.25, 0.3) is 0 Å². The van der Waals surface area contributed by atoms with Crippen LogP contribution in [-0.4, -0.2) is 9.52 Å². The van der Waals surface area contributed by atoms with E-state index in [9.17, 15) is 0 Å². The maximum absolute atomic E-state index is 4.93. The number of fused-ring (bicyclic) bond motifs is 4. The predicted octanol–water partition coefficient (Wildman–Crippen LogP) is 9.32. The van der Waals surface area contributed by atoms with Crippen molar-refractivity contribution in [3.05, 3.63) is 138 Å². The van der Waals surface area contributed by atoms with E-state index < -0.39 is 20.8 Å². The van der Waals surface area contributed by atoms with Gasteiger partial charge in [0, 0.05) is 0 Å². The van der Waals surface area contributed by atoms with Crippen molar-refractivity contribution in [3.8, 4) is 33.4 Å². The molecule has 0 atom stereocenters. The summed E-state index contributed by atoms with van der Waals surface area (Å²) in [5, 5.41) is 5.48. The maximum Gasteiger partial charge on any atom is 0.0920 e. The molecule has 0 saturated heterocycles. The minimum atomic E-state index is -0.826. The van der Waals surface area contributed by atoms with Gasteiger partial charge in [0.05, 0.1) is 9.52 Å². The van der Waals surface area contributed by atoms with Crippen LogP contribution in [0.25, 0.3) is 44.2 Å². The van der Waals surface area contributed by atoms with E-state index in [0.717, 1.165) is 9.52 Å². The van der Waals surface area contributed by atoms with Crippen LogP contribution in [0.15, 0.2) is 115 Å². The summed E-state index contributed by atoms with van der Waals surface area (Å²) < 4.78 is 0. The van der Waals surface area contributed by atoms with Crippen molar-refractivity contribution >= 4 is 47.7 Å². The van der Waals surface area contributed by atoms with Gasteiger partial charge in [0.1, 0.15) is 0 Å². The van der Waals surface area contributed by atoms with Crippen molar-refractivity contribution in [1.29, 1.82) is 0 Å². The van der Waals surface area contributed by atoms with E-state index in [2.05, 4.69) is 136 Å². The van der Waals surface area contributed by atoms with Crippen LogP contribution in [0.4, 0.5) is 0 Å². The third-order valence-corrected chi connectivity index (χ3v) is 8.42. The zero-order valence-corrected chi connectivity index (χ0v) is 27.7. The molecule has 7 rings (SSSR count). The normalized spacial score (nSPS) is 10.9. The Morgan fingerprint density at radius 3 is 2.12 bits per heavy atom. The van der Waals surface area contributed by atoms with Crippen molar-refractivity contribution in [2.45, 2.75) is 20.8 Å². The van der Waals surface area contributed by atoms with Gasteiger partial charge in [-0.1, -0.05) is 112 Å². The van der Waals surface area contributed by atoms with E-state index in [1.165, 1.54) is 71.2 Å². The summed E-state index contributed by atoms with van der Waals surface area (Å²) in [5.74, 6) is 0. The van der Waals surface area contributed by atoms with E-state index >= 15 is 0 Å². The number of hydrogen-bond acceptors (Lipinski definition) is 0. The topological polar surface area (TPSA) is 0 Å². The number of halogens is 2. The number of hydrogen-bond donors (Lipinski definition) is 0. The molecule has 0 N–H and O–H groups in total. The Kier molecular flexibility index (Phi) is 9.66. The molecule has 1 aliphatic heterocycles. The quantitative estimate of drug-likeness (QED) is 0.129. The fourth-order valence-electron chi connectivity index (χ4n) is 5.42. The summed E-state index contributed by atoms with van der Waals surface area (Å²) in [4.78, 5) is 0. The first kappa shape index (κ1) is 28.9. The molecule has 0 nitrogen and oxygen atoms in total. The molecule has 1 aliphatic rings. The average Bonchev–Trinajstić information content (AvgIpc) is 3.56. The Balaban J connectivity index is 0.000000168. The first-order valence-corrected chi connectivity index (χ1v) is 20.5. The minimum Gasteiger partial charge on any atom is -0.184 e. The first-order chi connectivity index (χ1) is 19.5. The van der Waals surface area contributed by atoms with Gasteiger partial charge in [-0.05, 0) is 31.9 Å². The molecule has 0 saturated carbocycles. The molecular formula is C36H28Cl2SiZr. The summed E-state index contributed by atoms with van der Waals surface area (Å²) in [7, 11) is 10.7. The van der Waals surface area contributed by atoms with E-state index in [0.29, 0.717) is 0 Å². The van der Waals surface area contributed by atoms with Crippen molar-refractivity contribution in [2.24, 2.45) is 0 Å². The molecule has 40 heavy (non-hydrogen) atoms. The Labute approximate surface area is 258 Å². The molecule has 0 amide bonds. The summed E-state index contributed by atoms with van der Waals surface area (Å²) >= 11 is -0.826. The summed E-state index contributed by atoms with van der Waals surface area (Å²) in [6.07, 6.45) is 0. The third kappa shape index (κ3) is 6.48. The van der Waals surface area contributed by atoms with Crippen LogP contribution >= 0.6 is 17.0 Å². The standard InChI is InChI=1S/C24H21.C12H7Si.2ClH.Zr/c1-16-11-17(2)13-22(12-16)24-18(3)9-10-20-14-21(15-23(20)24)19-7-5-4-6-8-19;1-3-7-11-9(5-1)10-6-2-4-8-12(10)13-11;;;/h4-15H,1-3H3;1-7H;2*1H;/q2*-1;;;+4/p-2. The Hall–Kier alpha value is -2.61. The molecule has 0 aromatic heterocycles. The van der Waals surface area contributed by atoms with Gasteiger partial charge in [-0.25, -0.2) is 0 Å². The van der Waals surface area contributed by atoms with Gasteiger partial charge in [-0.15, -0.1) is 40.1 Å². The van der Waals surface area contributed by atoms with Gasteiger partial charge in [0.2, 0.25) is 0 Å². The van der Waals surface area contributed by atoms with Crippen LogP contribution in [0.3, 0.4) is 0 Å². The summed E-state index contributed by atoms with van der Waals surface area (Å²) in [5.41, 5.74) is 12.0. The smallest absolute Gasteiger partial charge is 0.0920 e. The minimum absolute atomic E-state index is 0.795. The van der Waals surface area contributed by atoms with Crippen LogP contribution < -0.4 is 10.4 Å². The zero-order chi connectivity index (χ0) is 28.1. The van der Waals surface area contributed by atoms with Gasteiger partial charge in [-0.3, -0.25) is 0 Å². The predicted molar refractivity (Wildman–Crippen MR) is 172 cm³/mol. The van der Waals surface area contributed by atoms with Gasteiger partial charge >= 0.3 is 37.9 Å². The fourth-order valence-corrected chi connectivity index (χ4v) is 6.73. The first-order valence-electron chi connectivity index (χ1n) is 13.2.